The lowest BCUT2D eigenvalue weighted by Crippen LogP contribution is -2.12. The molecule has 2 rings (SSSR count). The summed E-state index contributed by atoms with van der Waals surface area (Å²) in [7, 11) is 0. The number of halogens is 2. The number of ether oxygens (including phenoxy) is 2. The molecule has 0 aliphatic heterocycles. The Bertz CT molecular complexity index is 803. The number of hydrogen-bond acceptors (Lipinski definition) is 4. The minimum absolute atomic E-state index is 0.149. The first kappa shape index (κ1) is 21.6. The van der Waals surface area contributed by atoms with Crippen molar-refractivity contribution in [3.05, 3.63) is 55.5 Å². The Kier molecular flexibility index (Phi) is 7.62. The first-order valence-corrected chi connectivity index (χ1v) is 10.2. The van der Waals surface area contributed by atoms with E-state index in [1.54, 1.807) is 12.1 Å². The lowest BCUT2D eigenvalue weighted by atomic mass is 10.1. The van der Waals surface area contributed by atoms with E-state index in [1.165, 1.54) is 0 Å². The van der Waals surface area contributed by atoms with Gasteiger partial charge in [0.1, 0.15) is 11.5 Å². The smallest absolute Gasteiger partial charge is 0.311 e. The van der Waals surface area contributed by atoms with Crippen molar-refractivity contribution in [3.8, 4) is 11.5 Å². The van der Waals surface area contributed by atoms with E-state index in [9.17, 15) is 9.59 Å². The molecule has 4 nitrogen and oxygen atoms in total. The third-order valence-corrected chi connectivity index (χ3v) is 5.83. The molecule has 0 saturated heterocycles. The van der Waals surface area contributed by atoms with E-state index in [-0.39, 0.29) is 24.8 Å². The second-order valence-electron chi connectivity index (χ2n) is 6.54. The molecule has 0 fully saturated rings. The largest absolute Gasteiger partial charge is 0.426 e. The molecule has 0 aliphatic rings. The first-order chi connectivity index (χ1) is 12.7. The second kappa shape index (κ2) is 9.51. The van der Waals surface area contributed by atoms with Gasteiger partial charge in [0.15, 0.2) is 0 Å². The number of rotatable bonds is 6. The Labute approximate surface area is 176 Å². The van der Waals surface area contributed by atoms with Crippen molar-refractivity contribution in [3.63, 3.8) is 0 Å². The van der Waals surface area contributed by atoms with E-state index < -0.39 is 0 Å². The fourth-order valence-electron chi connectivity index (χ4n) is 2.56. The van der Waals surface area contributed by atoms with Crippen LogP contribution < -0.4 is 9.47 Å². The van der Waals surface area contributed by atoms with Crippen LogP contribution in [0.15, 0.2) is 33.2 Å². The number of benzene rings is 2. The zero-order valence-corrected chi connectivity index (χ0v) is 19.0. The first-order valence-electron chi connectivity index (χ1n) is 8.62. The maximum Gasteiger partial charge on any atom is 0.311 e. The van der Waals surface area contributed by atoms with Gasteiger partial charge in [0, 0.05) is 21.8 Å². The van der Waals surface area contributed by atoms with E-state index in [2.05, 4.69) is 31.9 Å². The van der Waals surface area contributed by atoms with E-state index in [4.69, 9.17) is 9.47 Å². The summed E-state index contributed by atoms with van der Waals surface area (Å²) >= 11 is 6.87. The third-order valence-electron chi connectivity index (χ3n) is 4.12. The molecular weight excluding hydrogens is 476 g/mol. The summed E-state index contributed by atoms with van der Waals surface area (Å²) in [4.78, 5) is 24.1. The summed E-state index contributed by atoms with van der Waals surface area (Å²) in [5.74, 6) is 0.326. The maximum absolute atomic E-state index is 12.0. The number of carbonyl (C=O) groups excluding carboxylic acids is 2. The summed E-state index contributed by atoms with van der Waals surface area (Å²) in [5.41, 5.74) is 3.94. The zero-order chi connectivity index (χ0) is 20.1. The maximum atomic E-state index is 12.0. The molecule has 0 aliphatic carbocycles. The fourth-order valence-corrected chi connectivity index (χ4v) is 3.20. The Morgan fingerprint density at radius 2 is 1.07 bits per heavy atom. The van der Waals surface area contributed by atoms with Gasteiger partial charge >= 0.3 is 11.9 Å². The molecule has 0 atom stereocenters. The van der Waals surface area contributed by atoms with Gasteiger partial charge in [-0.25, -0.2) is 0 Å². The molecule has 0 spiro atoms. The van der Waals surface area contributed by atoms with Crippen LogP contribution in [0.1, 0.15) is 41.5 Å². The topological polar surface area (TPSA) is 52.6 Å². The Balaban J connectivity index is 1.84. The molecule has 27 heavy (non-hydrogen) atoms. The minimum atomic E-state index is -0.365. The summed E-state index contributed by atoms with van der Waals surface area (Å²) in [5, 5.41) is 0. The summed E-state index contributed by atoms with van der Waals surface area (Å²) in [6.45, 7) is 7.73. The quantitative estimate of drug-likeness (QED) is 0.356. The van der Waals surface area contributed by atoms with Gasteiger partial charge in [0.25, 0.3) is 0 Å². The van der Waals surface area contributed by atoms with E-state index in [0.29, 0.717) is 17.9 Å². The van der Waals surface area contributed by atoms with Crippen LogP contribution in [-0.4, -0.2) is 11.9 Å². The molecule has 2 aromatic rings. The molecule has 0 saturated carbocycles. The average Bonchev–Trinajstić information content (AvgIpc) is 2.57. The van der Waals surface area contributed by atoms with Crippen molar-refractivity contribution in [2.24, 2.45) is 0 Å². The van der Waals surface area contributed by atoms with Gasteiger partial charge in [-0.3, -0.25) is 9.59 Å². The zero-order valence-electron chi connectivity index (χ0n) is 15.8. The molecular formula is C21H22Br2O4. The average molecular weight is 498 g/mol. The highest BCUT2D eigenvalue weighted by atomic mass is 79.9. The van der Waals surface area contributed by atoms with Gasteiger partial charge in [0.2, 0.25) is 0 Å². The summed E-state index contributed by atoms with van der Waals surface area (Å²) < 4.78 is 12.6. The van der Waals surface area contributed by atoms with Gasteiger partial charge in [-0.15, -0.1) is 0 Å². The third kappa shape index (κ3) is 6.18. The van der Waals surface area contributed by atoms with Crippen molar-refractivity contribution in [2.45, 2.75) is 47.0 Å². The van der Waals surface area contributed by atoms with Crippen molar-refractivity contribution < 1.29 is 19.1 Å². The summed E-state index contributed by atoms with van der Waals surface area (Å²) in [6.07, 6.45) is 0.670. The lowest BCUT2D eigenvalue weighted by molar-refractivity contribution is -0.136. The van der Waals surface area contributed by atoms with Crippen molar-refractivity contribution in [1.82, 2.24) is 0 Å². The van der Waals surface area contributed by atoms with Crippen LogP contribution in [0.3, 0.4) is 0 Å². The SMILES string of the molecule is Cc1cc(C)c(OC(=O)CCCC(=O)Oc2cc(Br)c(C)cc2C)cc1Br. The highest BCUT2D eigenvalue weighted by molar-refractivity contribution is 9.10. The molecule has 0 N–H and O–H groups in total. The van der Waals surface area contributed by atoms with Crippen LogP contribution in [0.5, 0.6) is 11.5 Å². The Morgan fingerprint density at radius 1 is 0.704 bits per heavy atom. The number of aryl methyl sites for hydroxylation is 4. The summed E-state index contributed by atoms with van der Waals surface area (Å²) in [6, 6.07) is 7.47. The van der Waals surface area contributed by atoms with Crippen molar-refractivity contribution >= 4 is 43.8 Å². The predicted molar refractivity (Wildman–Crippen MR) is 112 cm³/mol. The van der Waals surface area contributed by atoms with Crippen molar-refractivity contribution in [2.75, 3.05) is 0 Å². The fraction of sp³-hybridized carbons (Fsp3) is 0.333. The molecule has 6 heteroatoms. The molecule has 0 amide bonds. The van der Waals surface area contributed by atoms with Crippen LogP contribution in [-0.2, 0) is 9.59 Å². The van der Waals surface area contributed by atoms with Gasteiger partial charge < -0.3 is 9.47 Å². The Hall–Kier alpha value is -1.66. The van der Waals surface area contributed by atoms with E-state index in [1.807, 2.05) is 39.8 Å². The van der Waals surface area contributed by atoms with E-state index >= 15 is 0 Å². The van der Waals surface area contributed by atoms with Crippen molar-refractivity contribution in [1.29, 1.82) is 0 Å². The molecule has 0 radical (unpaired) electrons. The van der Waals surface area contributed by atoms with Crippen LogP contribution in [0.4, 0.5) is 0 Å². The van der Waals surface area contributed by atoms with Gasteiger partial charge in [-0.2, -0.15) is 0 Å². The highest BCUT2D eigenvalue weighted by Crippen LogP contribution is 2.28. The van der Waals surface area contributed by atoms with E-state index in [0.717, 1.165) is 31.2 Å². The number of esters is 2. The highest BCUT2D eigenvalue weighted by Gasteiger charge is 2.13. The molecule has 0 unspecified atom stereocenters. The lowest BCUT2D eigenvalue weighted by Gasteiger charge is -2.10. The normalized spacial score (nSPS) is 10.6. The van der Waals surface area contributed by atoms with Crippen LogP contribution in [0, 0.1) is 27.7 Å². The number of carbonyl (C=O) groups is 2. The standard InChI is InChI=1S/C21H22Br2O4/c1-12-8-14(3)18(10-16(12)22)26-20(24)6-5-7-21(25)27-19-11-17(23)13(2)9-15(19)4/h8-11H,5-7H2,1-4H3. The van der Waals surface area contributed by atoms with Gasteiger partial charge in [-0.05, 0) is 68.5 Å². The van der Waals surface area contributed by atoms with Gasteiger partial charge in [0.05, 0.1) is 0 Å². The Morgan fingerprint density at radius 3 is 1.44 bits per heavy atom. The predicted octanol–water partition coefficient (Wildman–Crippen LogP) is 6.13. The van der Waals surface area contributed by atoms with Crippen LogP contribution in [0.2, 0.25) is 0 Å². The van der Waals surface area contributed by atoms with Crippen LogP contribution >= 0.6 is 31.9 Å². The minimum Gasteiger partial charge on any atom is -0.426 e. The van der Waals surface area contributed by atoms with Gasteiger partial charge in [-0.1, -0.05) is 44.0 Å². The number of hydrogen-bond donors (Lipinski definition) is 0. The molecule has 0 bridgehead atoms. The molecule has 144 valence electrons. The monoisotopic (exact) mass is 496 g/mol. The van der Waals surface area contributed by atoms with Crippen LogP contribution in [0.25, 0.3) is 0 Å². The molecule has 0 heterocycles. The second-order valence-corrected chi connectivity index (χ2v) is 8.24. The molecule has 0 aromatic heterocycles. The molecule has 2 aromatic carbocycles.